The Balaban J connectivity index is 2.91. The third-order valence-corrected chi connectivity index (χ3v) is 2.30. The molecule has 1 saturated heterocycles. The first-order chi connectivity index (χ1) is 7.77. The van der Waals surface area contributed by atoms with Gasteiger partial charge in [-0.2, -0.15) is 0 Å². The molecule has 0 spiro atoms. The molecule has 1 rings (SSSR count). The molecule has 6 nitrogen and oxygen atoms in total. The van der Waals surface area contributed by atoms with Crippen LogP contribution in [-0.2, 0) is 14.4 Å². The van der Waals surface area contributed by atoms with Crippen molar-refractivity contribution in [2.75, 3.05) is 0 Å². The van der Waals surface area contributed by atoms with Crippen molar-refractivity contribution in [2.24, 2.45) is 0 Å². The minimum atomic E-state index is -1.84. The molecule has 1 fully saturated rings. The highest BCUT2D eigenvalue weighted by Crippen LogP contribution is 2.28. The van der Waals surface area contributed by atoms with Crippen molar-refractivity contribution in [3.8, 4) is 0 Å². The second kappa shape index (κ2) is 4.52. The van der Waals surface area contributed by atoms with Gasteiger partial charge < -0.3 is 10.4 Å². The van der Waals surface area contributed by atoms with E-state index in [1.54, 1.807) is 0 Å². The van der Waals surface area contributed by atoms with E-state index >= 15 is 0 Å². The molecule has 2 N–H and O–H groups in total. The van der Waals surface area contributed by atoms with E-state index < -0.39 is 30.1 Å². The summed E-state index contributed by atoms with van der Waals surface area (Å²) in [5.74, 6) is -2.67. The van der Waals surface area contributed by atoms with Crippen LogP contribution in [0.25, 0.3) is 0 Å². The summed E-state index contributed by atoms with van der Waals surface area (Å²) in [7, 11) is 0. The van der Waals surface area contributed by atoms with Crippen molar-refractivity contribution in [1.29, 1.82) is 0 Å². The van der Waals surface area contributed by atoms with Crippen LogP contribution in [-0.4, -0.2) is 40.1 Å². The smallest absolute Gasteiger partial charge is 0.352 e. The fourth-order valence-electron chi connectivity index (χ4n) is 1.60. The number of halogens is 1. The summed E-state index contributed by atoms with van der Waals surface area (Å²) in [6, 6.07) is -1.29. The van der Waals surface area contributed by atoms with Crippen molar-refractivity contribution in [3.63, 3.8) is 0 Å². The minimum Gasteiger partial charge on any atom is -0.477 e. The monoisotopic (exact) mass is 244 g/mol. The molecule has 1 aliphatic heterocycles. The second-order valence-corrected chi connectivity index (χ2v) is 3.91. The predicted molar refractivity (Wildman–Crippen MR) is 55.4 cm³/mol. The molecule has 0 bridgehead atoms. The highest BCUT2D eigenvalue weighted by atomic mass is 19.1. The molecule has 2 atom stereocenters. The van der Waals surface area contributed by atoms with Gasteiger partial charge in [-0.25, -0.2) is 9.18 Å². The number of likely N-dealkylation sites (tertiary alicyclic amines) is 1. The van der Waals surface area contributed by atoms with Crippen LogP contribution in [0.2, 0.25) is 0 Å². The third-order valence-electron chi connectivity index (χ3n) is 2.30. The van der Waals surface area contributed by atoms with Gasteiger partial charge >= 0.3 is 5.97 Å². The van der Waals surface area contributed by atoms with Crippen molar-refractivity contribution < 1.29 is 23.9 Å². The van der Waals surface area contributed by atoms with Crippen LogP contribution in [0.4, 0.5) is 4.39 Å². The van der Waals surface area contributed by atoms with Gasteiger partial charge in [0.2, 0.25) is 12.2 Å². The first kappa shape index (κ1) is 13.1. The normalized spacial score (nSPS) is 22.8. The maximum absolute atomic E-state index is 13.6. The lowest BCUT2D eigenvalue weighted by atomic mass is 10.0. The number of amides is 2. The van der Waals surface area contributed by atoms with E-state index in [0.717, 1.165) is 6.92 Å². The number of β-lactam (4-membered cyclic amide) rings is 1. The molecule has 7 heteroatoms. The van der Waals surface area contributed by atoms with Crippen LogP contribution in [0.3, 0.4) is 0 Å². The highest BCUT2D eigenvalue weighted by Gasteiger charge is 2.51. The first-order valence-corrected chi connectivity index (χ1v) is 4.92. The Morgan fingerprint density at radius 2 is 1.88 bits per heavy atom. The number of aliphatic carboxylic acids is 1. The van der Waals surface area contributed by atoms with Crippen LogP contribution in [0, 0.1) is 0 Å². The summed E-state index contributed by atoms with van der Waals surface area (Å²) in [5, 5.41) is 11.0. The number of carboxylic acid groups (broad SMARTS) is 1. The number of alkyl halides is 1. The van der Waals surface area contributed by atoms with E-state index in [2.05, 4.69) is 5.32 Å². The Kier molecular flexibility index (Phi) is 3.50. The molecule has 0 saturated carbocycles. The molecule has 2 amide bonds. The van der Waals surface area contributed by atoms with Gasteiger partial charge in [-0.3, -0.25) is 14.5 Å². The van der Waals surface area contributed by atoms with E-state index in [4.69, 9.17) is 5.11 Å². The van der Waals surface area contributed by atoms with Crippen molar-refractivity contribution in [3.05, 3.63) is 11.3 Å². The molecule has 0 aliphatic carbocycles. The molecule has 1 aliphatic rings. The lowest BCUT2D eigenvalue weighted by Gasteiger charge is -2.42. The number of hydrogen-bond donors (Lipinski definition) is 2. The number of nitrogens with one attached hydrogen (secondary N) is 1. The van der Waals surface area contributed by atoms with Crippen molar-refractivity contribution in [1.82, 2.24) is 10.2 Å². The lowest BCUT2D eigenvalue weighted by Crippen LogP contribution is -2.68. The van der Waals surface area contributed by atoms with E-state index in [0.29, 0.717) is 10.5 Å². The summed E-state index contributed by atoms with van der Waals surface area (Å²) >= 11 is 0. The average molecular weight is 244 g/mol. The Hall–Kier alpha value is -1.92. The number of carboxylic acids is 1. The van der Waals surface area contributed by atoms with Crippen molar-refractivity contribution >= 4 is 17.8 Å². The fraction of sp³-hybridized carbons (Fsp3) is 0.500. The molecular weight excluding hydrogens is 231 g/mol. The zero-order chi connectivity index (χ0) is 13.3. The van der Waals surface area contributed by atoms with Gasteiger partial charge in [0.05, 0.1) is 0 Å². The lowest BCUT2D eigenvalue weighted by molar-refractivity contribution is -0.163. The second-order valence-electron chi connectivity index (χ2n) is 3.91. The summed E-state index contributed by atoms with van der Waals surface area (Å²) in [4.78, 5) is 33.7. The molecule has 0 aromatic heterocycles. The van der Waals surface area contributed by atoms with E-state index in [1.165, 1.54) is 13.8 Å². The first-order valence-electron chi connectivity index (χ1n) is 4.92. The number of carbonyl (C=O) groups is 3. The Bertz CT molecular complexity index is 415. The summed E-state index contributed by atoms with van der Waals surface area (Å²) < 4.78 is 13.6. The SMILES string of the molecule is CC(=O)NC1C(=O)N(C(C(=O)O)=C(C)C)C1F. The molecule has 2 unspecified atom stereocenters. The molecule has 1 heterocycles. The molecule has 0 aromatic rings. The van der Waals surface area contributed by atoms with Crippen LogP contribution >= 0.6 is 0 Å². The molecular formula is C10H13FN2O4. The zero-order valence-electron chi connectivity index (χ0n) is 9.65. The number of carbonyl (C=O) groups excluding carboxylic acids is 2. The van der Waals surface area contributed by atoms with Gasteiger partial charge in [0, 0.05) is 6.92 Å². The summed E-state index contributed by atoms with van der Waals surface area (Å²) in [6.07, 6.45) is -1.84. The third kappa shape index (κ3) is 2.27. The van der Waals surface area contributed by atoms with Gasteiger partial charge in [0.1, 0.15) is 5.70 Å². The largest absolute Gasteiger partial charge is 0.477 e. The predicted octanol–water partition coefficient (Wildman–Crippen LogP) is 0.00740. The van der Waals surface area contributed by atoms with Gasteiger partial charge in [0.25, 0.3) is 5.91 Å². The van der Waals surface area contributed by atoms with Crippen LogP contribution in [0.5, 0.6) is 0 Å². The van der Waals surface area contributed by atoms with Gasteiger partial charge in [-0.1, -0.05) is 0 Å². The van der Waals surface area contributed by atoms with Crippen molar-refractivity contribution in [2.45, 2.75) is 33.1 Å². The van der Waals surface area contributed by atoms with Crippen LogP contribution < -0.4 is 5.32 Å². The molecule has 0 radical (unpaired) electrons. The van der Waals surface area contributed by atoms with E-state index in [9.17, 15) is 18.8 Å². The van der Waals surface area contributed by atoms with E-state index in [-0.39, 0.29) is 5.70 Å². The Morgan fingerprint density at radius 3 is 2.18 bits per heavy atom. The maximum Gasteiger partial charge on any atom is 0.352 e. The minimum absolute atomic E-state index is 0.315. The molecule has 17 heavy (non-hydrogen) atoms. The number of rotatable bonds is 3. The molecule has 0 aromatic carbocycles. The average Bonchev–Trinajstić information content (AvgIpc) is 2.20. The zero-order valence-corrected chi connectivity index (χ0v) is 9.65. The highest BCUT2D eigenvalue weighted by molar-refractivity contribution is 6.00. The quantitative estimate of drug-likeness (QED) is 0.416. The fourth-order valence-corrected chi connectivity index (χ4v) is 1.60. The number of nitrogens with zero attached hydrogens (tertiary/aromatic N) is 1. The van der Waals surface area contributed by atoms with Crippen LogP contribution in [0.15, 0.2) is 11.3 Å². The number of hydrogen-bond acceptors (Lipinski definition) is 3. The summed E-state index contributed by atoms with van der Waals surface area (Å²) in [5.41, 5.74) is -0.0705. The topological polar surface area (TPSA) is 86.7 Å². The standard InChI is InChI=1S/C10H13FN2O4/c1-4(2)7(10(16)17)13-8(11)6(9(13)15)12-5(3)14/h6,8H,1-3H3,(H,12,14)(H,16,17). The Labute approximate surface area is 97.1 Å². The number of allylic oxidation sites excluding steroid dienone is 1. The van der Waals surface area contributed by atoms with Gasteiger partial charge in [-0.05, 0) is 19.4 Å². The van der Waals surface area contributed by atoms with Gasteiger partial charge in [-0.15, -0.1) is 0 Å². The summed E-state index contributed by atoms with van der Waals surface area (Å²) in [6.45, 7) is 4.09. The Morgan fingerprint density at radius 1 is 1.35 bits per heavy atom. The van der Waals surface area contributed by atoms with Crippen LogP contribution in [0.1, 0.15) is 20.8 Å². The van der Waals surface area contributed by atoms with E-state index in [1.807, 2.05) is 0 Å². The maximum atomic E-state index is 13.6. The van der Waals surface area contributed by atoms with Gasteiger partial charge in [0.15, 0.2) is 6.04 Å². The molecule has 94 valence electrons.